The number of benzene rings is 2. The van der Waals surface area contributed by atoms with Gasteiger partial charge in [0.15, 0.2) is 4.34 Å². The molecule has 0 bridgehead atoms. The Bertz CT molecular complexity index is 1010. The van der Waals surface area contributed by atoms with Gasteiger partial charge in [0.05, 0.1) is 16.6 Å². The molecule has 0 fully saturated rings. The summed E-state index contributed by atoms with van der Waals surface area (Å²) in [5.41, 5.74) is 2.29. The van der Waals surface area contributed by atoms with Crippen molar-refractivity contribution in [3.8, 4) is 0 Å². The maximum Gasteiger partial charge on any atom is 0.244 e. The van der Waals surface area contributed by atoms with E-state index in [0.29, 0.717) is 20.8 Å². The summed E-state index contributed by atoms with van der Waals surface area (Å²) in [4.78, 5) is 26.5. The van der Waals surface area contributed by atoms with Gasteiger partial charge in [-0.1, -0.05) is 53.4 Å². The molecule has 1 aromatic heterocycles. The van der Waals surface area contributed by atoms with Crippen molar-refractivity contribution in [2.45, 2.75) is 16.5 Å². The summed E-state index contributed by atoms with van der Waals surface area (Å²) >= 11 is 2.72. The number of nitrogens with zero attached hydrogens (tertiary/aromatic N) is 3. The molecule has 0 spiro atoms. The Labute approximate surface area is 170 Å². The summed E-state index contributed by atoms with van der Waals surface area (Å²) < 4.78 is 0.689. The lowest BCUT2D eigenvalue weighted by Gasteiger charge is -2.30. The van der Waals surface area contributed by atoms with Gasteiger partial charge in [0, 0.05) is 5.69 Å². The van der Waals surface area contributed by atoms with Crippen molar-refractivity contribution in [3.05, 3.63) is 54.6 Å². The first-order valence-corrected chi connectivity index (χ1v) is 10.3. The van der Waals surface area contributed by atoms with E-state index < -0.39 is 5.25 Å². The highest BCUT2D eigenvalue weighted by Gasteiger charge is 2.30. The van der Waals surface area contributed by atoms with Crippen LogP contribution in [0.1, 0.15) is 6.92 Å². The fourth-order valence-corrected chi connectivity index (χ4v) is 4.78. The molecule has 3 aromatic rings. The summed E-state index contributed by atoms with van der Waals surface area (Å²) in [6, 6.07) is 17.0. The first-order valence-electron chi connectivity index (χ1n) is 8.62. The molecule has 4 rings (SSSR count). The molecule has 2 aromatic carbocycles. The van der Waals surface area contributed by atoms with Gasteiger partial charge in [-0.3, -0.25) is 14.5 Å². The molecule has 0 unspecified atom stereocenters. The highest BCUT2D eigenvalue weighted by atomic mass is 32.2. The van der Waals surface area contributed by atoms with Crippen LogP contribution >= 0.6 is 23.1 Å². The van der Waals surface area contributed by atoms with Crippen LogP contribution < -0.4 is 15.5 Å². The summed E-state index contributed by atoms with van der Waals surface area (Å²) in [5, 5.41) is 14.5. The standard InChI is InChI=1S/C19H17N5O2S2/c1-12(17(26)24-11-16(25)21-14-9-5-6-10-15(14)24)27-19-23-22-18(28-19)20-13-7-3-2-4-8-13/h2-10,12H,11H2,1H3,(H,20,22)(H,21,25)/t12-/m0/s1. The number of fused-ring (bicyclic) bond motifs is 1. The lowest BCUT2D eigenvalue weighted by atomic mass is 10.2. The predicted molar refractivity (Wildman–Crippen MR) is 112 cm³/mol. The third kappa shape index (κ3) is 4.00. The number of anilines is 4. The Balaban J connectivity index is 1.45. The Kier molecular flexibility index (Phi) is 5.27. The highest BCUT2D eigenvalue weighted by molar-refractivity contribution is 8.02. The maximum absolute atomic E-state index is 13.0. The summed E-state index contributed by atoms with van der Waals surface area (Å²) in [5.74, 6) is -0.338. The lowest BCUT2D eigenvalue weighted by Crippen LogP contribution is -2.45. The van der Waals surface area contributed by atoms with Crippen molar-refractivity contribution in [2.24, 2.45) is 0 Å². The minimum absolute atomic E-state index is 0.0116. The Hall–Kier alpha value is -2.91. The Morgan fingerprint density at radius 1 is 1.18 bits per heavy atom. The monoisotopic (exact) mass is 411 g/mol. The molecule has 0 radical (unpaired) electrons. The molecule has 7 nitrogen and oxygen atoms in total. The third-order valence-corrected chi connectivity index (χ3v) is 6.10. The fraction of sp³-hybridized carbons (Fsp3) is 0.158. The average Bonchev–Trinajstić information content (AvgIpc) is 3.14. The first-order chi connectivity index (χ1) is 13.6. The fourth-order valence-electron chi connectivity index (χ4n) is 2.80. The molecule has 1 aliphatic heterocycles. The topological polar surface area (TPSA) is 87.2 Å². The van der Waals surface area contributed by atoms with Gasteiger partial charge < -0.3 is 10.6 Å². The van der Waals surface area contributed by atoms with E-state index in [4.69, 9.17) is 0 Å². The average molecular weight is 412 g/mol. The van der Waals surface area contributed by atoms with Crippen molar-refractivity contribution in [1.82, 2.24) is 10.2 Å². The van der Waals surface area contributed by atoms with E-state index in [1.165, 1.54) is 28.0 Å². The van der Waals surface area contributed by atoms with E-state index in [9.17, 15) is 9.59 Å². The van der Waals surface area contributed by atoms with Gasteiger partial charge in [-0.2, -0.15) is 0 Å². The molecule has 9 heteroatoms. The van der Waals surface area contributed by atoms with E-state index in [1.807, 2.05) is 55.5 Å². The van der Waals surface area contributed by atoms with Crippen LogP contribution in [0, 0.1) is 0 Å². The number of amides is 2. The van der Waals surface area contributed by atoms with Crippen LogP contribution in [-0.4, -0.2) is 33.8 Å². The molecule has 1 atom stereocenters. The van der Waals surface area contributed by atoms with Crippen LogP contribution in [0.4, 0.5) is 22.2 Å². The zero-order valence-corrected chi connectivity index (χ0v) is 16.6. The number of para-hydroxylation sites is 3. The van der Waals surface area contributed by atoms with Crippen molar-refractivity contribution in [2.75, 3.05) is 22.1 Å². The van der Waals surface area contributed by atoms with Gasteiger partial charge in [0.2, 0.25) is 16.9 Å². The second kappa shape index (κ2) is 7.99. The quantitative estimate of drug-likeness (QED) is 0.622. The van der Waals surface area contributed by atoms with Crippen molar-refractivity contribution in [3.63, 3.8) is 0 Å². The van der Waals surface area contributed by atoms with Gasteiger partial charge in [-0.15, -0.1) is 10.2 Å². The largest absolute Gasteiger partial charge is 0.330 e. The second-order valence-electron chi connectivity index (χ2n) is 6.11. The van der Waals surface area contributed by atoms with E-state index in [1.54, 1.807) is 6.07 Å². The summed E-state index contributed by atoms with van der Waals surface area (Å²) in [6.07, 6.45) is 0. The minimum atomic E-state index is -0.406. The molecule has 0 saturated carbocycles. The molecule has 2 amide bonds. The normalized spacial score (nSPS) is 14.2. The Morgan fingerprint density at radius 2 is 1.93 bits per heavy atom. The zero-order chi connectivity index (χ0) is 19.5. The SMILES string of the molecule is C[C@H](Sc1nnc(Nc2ccccc2)s1)C(=O)N1CC(=O)Nc2ccccc21. The summed E-state index contributed by atoms with van der Waals surface area (Å²) in [6.45, 7) is 1.82. The molecule has 2 N–H and O–H groups in total. The van der Waals surface area contributed by atoms with E-state index >= 15 is 0 Å². The molecule has 2 heterocycles. The van der Waals surface area contributed by atoms with Crippen LogP contribution in [-0.2, 0) is 9.59 Å². The smallest absolute Gasteiger partial charge is 0.244 e. The lowest BCUT2D eigenvalue weighted by molar-refractivity contribution is -0.121. The predicted octanol–water partition coefficient (Wildman–Crippen LogP) is 3.75. The van der Waals surface area contributed by atoms with Crippen LogP contribution in [0.2, 0.25) is 0 Å². The van der Waals surface area contributed by atoms with Gasteiger partial charge in [-0.25, -0.2) is 0 Å². The second-order valence-corrected chi connectivity index (χ2v) is 8.68. The highest BCUT2D eigenvalue weighted by Crippen LogP contribution is 2.34. The minimum Gasteiger partial charge on any atom is -0.330 e. The molecular weight excluding hydrogens is 394 g/mol. The first kappa shape index (κ1) is 18.5. The van der Waals surface area contributed by atoms with Crippen LogP contribution in [0.3, 0.4) is 0 Å². The third-order valence-electron chi connectivity index (χ3n) is 4.09. The number of carbonyl (C=O) groups excluding carboxylic acids is 2. The summed E-state index contributed by atoms with van der Waals surface area (Å²) in [7, 11) is 0. The van der Waals surface area contributed by atoms with Gasteiger partial charge in [-0.05, 0) is 31.2 Å². The number of rotatable bonds is 5. The van der Waals surface area contributed by atoms with Crippen LogP contribution in [0.25, 0.3) is 0 Å². The number of carbonyl (C=O) groups is 2. The number of thioether (sulfide) groups is 1. The van der Waals surface area contributed by atoms with Crippen LogP contribution in [0.15, 0.2) is 58.9 Å². The van der Waals surface area contributed by atoms with Crippen molar-refractivity contribution in [1.29, 1.82) is 0 Å². The van der Waals surface area contributed by atoms with Gasteiger partial charge >= 0.3 is 0 Å². The van der Waals surface area contributed by atoms with Crippen molar-refractivity contribution >= 4 is 57.1 Å². The van der Waals surface area contributed by atoms with E-state index in [-0.39, 0.29) is 18.4 Å². The number of nitrogens with one attached hydrogen (secondary N) is 2. The van der Waals surface area contributed by atoms with E-state index in [2.05, 4.69) is 20.8 Å². The molecular formula is C19H17N5O2S2. The van der Waals surface area contributed by atoms with Gasteiger partial charge in [0.25, 0.3) is 0 Å². The van der Waals surface area contributed by atoms with Crippen LogP contribution in [0.5, 0.6) is 0 Å². The maximum atomic E-state index is 13.0. The molecule has 28 heavy (non-hydrogen) atoms. The van der Waals surface area contributed by atoms with Crippen molar-refractivity contribution < 1.29 is 9.59 Å². The number of hydrogen-bond acceptors (Lipinski definition) is 7. The molecule has 0 saturated heterocycles. The van der Waals surface area contributed by atoms with Gasteiger partial charge in [0.1, 0.15) is 6.54 Å². The zero-order valence-electron chi connectivity index (χ0n) is 15.0. The Morgan fingerprint density at radius 3 is 2.75 bits per heavy atom. The number of hydrogen-bond donors (Lipinski definition) is 2. The van der Waals surface area contributed by atoms with E-state index in [0.717, 1.165) is 5.69 Å². The molecule has 1 aliphatic rings. The number of aromatic nitrogens is 2. The molecule has 142 valence electrons. The molecule has 0 aliphatic carbocycles.